The van der Waals surface area contributed by atoms with Gasteiger partial charge < -0.3 is 5.32 Å². The Bertz CT molecular complexity index is 1260. The summed E-state index contributed by atoms with van der Waals surface area (Å²) < 4.78 is 1.75. The summed E-state index contributed by atoms with van der Waals surface area (Å²) in [5.74, 6) is 1.35. The van der Waals surface area contributed by atoms with Gasteiger partial charge in [-0.2, -0.15) is 10.2 Å². The quantitative estimate of drug-likeness (QED) is 0.483. The highest BCUT2D eigenvalue weighted by Crippen LogP contribution is 2.25. The van der Waals surface area contributed by atoms with Crippen LogP contribution >= 0.6 is 0 Å². The first-order valence-electron chi connectivity index (χ1n) is 9.21. The molecule has 8 nitrogen and oxygen atoms in total. The topological polar surface area (TPSA) is 97.2 Å². The Kier molecular flexibility index (Phi) is 4.21. The number of hydrogen-bond acceptors (Lipinski definition) is 6. The molecule has 0 aliphatic carbocycles. The van der Waals surface area contributed by atoms with Crippen LogP contribution in [0.3, 0.4) is 0 Å². The molecule has 142 valence electrons. The van der Waals surface area contributed by atoms with Crippen molar-refractivity contribution in [2.24, 2.45) is 7.05 Å². The maximum atomic E-state index is 4.73. The summed E-state index contributed by atoms with van der Waals surface area (Å²) in [7, 11) is 1.87. The number of hydrogen-bond donors (Lipinski definition) is 2. The zero-order valence-corrected chi connectivity index (χ0v) is 15.7. The van der Waals surface area contributed by atoms with E-state index in [2.05, 4.69) is 30.6 Å². The number of rotatable bonds is 5. The maximum Gasteiger partial charge on any atom is 0.164 e. The molecule has 1 aromatic carbocycles. The molecule has 2 N–H and O–H groups in total. The number of fused-ring (bicyclic) bond motifs is 1. The number of aryl methyl sites for hydroxylation is 1. The van der Waals surface area contributed by atoms with Gasteiger partial charge in [0.15, 0.2) is 11.5 Å². The number of aromatic nitrogens is 7. The van der Waals surface area contributed by atoms with Crippen molar-refractivity contribution in [2.75, 3.05) is 5.32 Å². The Morgan fingerprint density at radius 3 is 2.66 bits per heavy atom. The summed E-state index contributed by atoms with van der Waals surface area (Å²) in [6.45, 7) is 0.552. The Balaban J connectivity index is 1.45. The minimum Gasteiger partial charge on any atom is -0.364 e. The second-order valence-electron chi connectivity index (χ2n) is 6.64. The zero-order chi connectivity index (χ0) is 19.6. The van der Waals surface area contributed by atoms with Crippen molar-refractivity contribution in [3.05, 3.63) is 72.8 Å². The predicted molar refractivity (Wildman–Crippen MR) is 111 cm³/mol. The van der Waals surface area contributed by atoms with Crippen LogP contribution in [0, 0.1) is 0 Å². The number of nitrogens with one attached hydrogen (secondary N) is 2. The van der Waals surface area contributed by atoms with Gasteiger partial charge in [-0.1, -0.05) is 30.3 Å². The van der Waals surface area contributed by atoms with Crippen molar-refractivity contribution < 1.29 is 0 Å². The molecular weight excluding hydrogens is 364 g/mol. The molecule has 29 heavy (non-hydrogen) atoms. The third kappa shape index (κ3) is 3.31. The number of nitrogens with zero attached hydrogens (tertiary/aromatic N) is 6. The van der Waals surface area contributed by atoms with Crippen molar-refractivity contribution in [1.29, 1.82) is 0 Å². The average Bonchev–Trinajstić information content (AvgIpc) is 3.40. The third-order valence-electron chi connectivity index (χ3n) is 4.68. The minimum absolute atomic E-state index is 0.552. The summed E-state index contributed by atoms with van der Waals surface area (Å²) in [5, 5.41) is 16.1. The fraction of sp³-hybridized carbons (Fsp3) is 0.0952. The number of aromatic amines is 1. The van der Waals surface area contributed by atoms with Gasteiger partial charge in [0, 0.05) is 30.6 Å². The lowest BCUT2D eigenvalue weighted by Crippen LogP contribution is -2.05. The number of anilines is 1. The number of pyridine rings is 1. The van der Waals surface area contributed by atoms with Crippen molar-refractivity contribution in [2.45, 2.75) is 6.54 Å². The van der Waals surface area contributed by atoms with Crippen LogP contribution in [0.5, 0.6) is 0 Å². The molecule has 0 atom stereocenters. The molecule has 4 aromatic heterocycles. The molecule has 0 saturated heterocycles. The van der Waals surface area contributed by atoms with Crippen LogP contribution in [-0.2, 0) is 13.6 Å². The molecule has 4 heterocycles. The van der Waals surface area contributed by atoms with Gasteiger partial charge in [0.05, 0.1) is 29.5 Å². The van der Waals surface area contributed by atoms with Gasteiger partial charge in [-0.25, -0.2) is 9.97 Å². The summed E-state index contributed by atoms with van der Waals surface area (Å²) >= 11 is 0. The monoisotopic (exact) mass is 382 g/mol. The summed E-state index contributed by atoms with van der Waals surface area (Å²) in [6.07, 6.45) is 5.24. The molecule has 0 aliphatic rings. The predicted octanol–water partition coefficient (Wildman–Crippen LogP) is 3.43. The molecule has 0 spiro atoms. The Hall–Kier alpha value is -4.07. The molecular formula is C21H18N8. The largest absolute Gasteiger partial charge is 0.364 e. The minimum atomic E-state index is 0.552. The van der Waals surface area contributed by atoms with E-state index in [1.54, 1.807) is 23.3 Å². The third-order valence-corrected chi connectivity index (χ3v) is 4.68. The normalized spacial score (nSPS) is 11.1. The first-order chi connectivity index (χ1) is 14.3. The van der Waals surface area contributed by atoms with E-state index in [0.717, 1.165) is 39.4 Å². The van der Waals surface area contributed by atoms with E-state index < -0.39 is 0 Å². The smallest absolute Gasteiger partial charge is 0.164 e. The van der Waals surface area contributed by atoms with Gasteiger partial charge in [-0.05, 0) is 18.2 Å². The molecule has 5 rings (SSSR count). The number of benzene rings is 1. The number of H-pyrrole nitrogens is 1. The fourth-order valence-electron chi connectivity index (χ4n) is 3.17. The van der Waals surface area contributed by atoms with Gasteiger partial charge >= 0.3 is 0 Å². The lowest BCUT2D eigenvalue weighted by atomic mass is 10.1. The van der Waals surface area contributed by atoms with Gasteiger partial charge in [-0.3, -0.25) is 14.8 Å². The van der Waals surface area contributed by atoms with Crippen molar-refractivity contribution in [3.63, 3.8) is 0 Å². The van der Waals surface area contributed by atoms with Crippen LogP contribution in [0.25, 0.3) is 33.7 Å². The summed E-state index contributed by atoms with van der Waals surface area (Å²) in [4.78, 5) is 13.5. The van der Waals surface area contributed by atoms with Crippen molar-refractivity contribution in [3.8, 4) is 22.6 Å². The van der Waals surface area contributed by atoms with E-state index in [1.807, 2.05) is 55.6 Å². The molecule has 0 amide bonds. The molecule has 5 aromatic rings. The first kappa shape index (κ1) is 17.1. The van der Waals surface area contributed by atoms with Crippen molar-refractivity contribution in [1.82, 2.24) is 34.9 Å². The highest BCUT2D eigenvalue weighted by atomic mass is 15.3. The summed E-state index contributed by atoms with van der Waals surface area (Å²) in [5.41, 5.74) is 4.62. The second kappa shape index (κ2) is 7.16. The van der Waals surface area contributed by atoms with E-state index in [0.29, 0.717) is 12.4 Å². The Morgan fingerprint density at radius 2 is 1.83 bits per heavy atom. The van der Waals surface area contributed by atoms with Gasteiger partial charge in [-0.15, -0.1) is 0 Å². The van der Waals surface area contributed by atoms with Crippen LogP contribution in [-0.4, -0.2) is 34.9 Å². The van der Waals surface area contributed by atoms with Crippen LogP contribution in [0.1, 0.15) is 5.69 Å². The lowest BCUT2D eigenvalue weighted by Gasteiger charge is -2.08. The molecule has 8 heteroatoms. The van der Waals surface area contributed by atoms with Crippen LogP contribution in [0.15, 0.2) is 67.1 Å². The highest BCUT2D eigenvalue weighted by Gasteiger charge is 2.13. The molecule has 0 radical (unpaired) electrons. The van der Waals surface area contributed by atoms with E-state index in [4.69, 9.17) is 4.98 Å². The average molecular weight is 382 g/mol. The van der Waals surface area contributed by atoms with Crippen LogP contribution in [0.4, 0.5) is 5.82 Å². The molecule has 0 fully saturated rings. The summed E-state index contributed by atoms with van der Waals surface area (Å²) in [6, 6.07) is 15.9. The fourth-order valence-corrected chi connectivity index (χ4v) is 3.17. The van der Waals surface area contributed by atoms with Gasteiger partial charge in [0.2, 0.25) is 0 Å². The lowest BCUT2D eigenvalue weighted by molar-refractivity contribution is 0.786. The molecule has 0 saturated carbocycles. The Morgan fingerprint density at radius 1 is 1.00 bits per heavy atom. The van der Waals surface area contributed by atoms with E-state index in [9.17, 15) is 0 Å². The standard InChI is InChI=1S/C21H18N8/c1-29-21-17(13-24-29)20(25-19(26-21)15-7-9-22-10-8-15)23-12-16-11-18(28-27-16)14-5-3-2-4-6-14/h2-11,13H,12H2,1H3,(H,27,28)(H,23,25,26). The van der Waals surface area contributed by atoms with Crippen LogP contribution < -0.4 is 5.32 Å². The Labute approximate surface area is 166 Å². The molecule has 0 unspecified atom stereocenters. The maximum absolute atomic E-state index is 4.73. The zero-order valence-electron chi connectivity index (χ0n) is 15.7. The first-order valence-corrected chi connectivity index (χ1v) is 9.21. The molecule has 0 bridgehead atoms. The van der Waals surface area contributed by atoms with Crippen LogP contribution in [0.2, 0.25) is 0 Å². The van der Waals surface area contributed by atoms with E-state index >= 15 is 0 Å². The van der Waals surface area contributed by atoms with Crippen molar-refractivity contribution >= 4 is 16.9 Å². The highest BCUT2D eigenvalue weighted by molar-refractivity contribution is 5.88. The molecule has 0 aliphatic heterocycles. The second-order valence-corrected chi connectivity index (χ2v) is 6.64. The van der Waals surface area contributed by atoms with E-state index in [1.165, 1.54) is 0 Å². The van der Waals surface area contributed by atoms with Gasteiger partial charge in [0.25, 0.3) is 0 Å². The van der Waals surface area contributed by atoms with Gasteiger partial charge in [0.1, 0.15) is 5.82 Å². The van der Waals surface area contributed by atoms with E-state index in [-0.39, 0.29) is 0 Å². The SMILES string of the molecule is Cn1ncc2c(NCc3cc(-c4ccccc4)n[nH]3)nc(-c3ccncc3)nc21.